The van der Waals surface area contributed by atoms with Gasteiger partial charge in [-0.1, -0.05) is 12.1 Å². The highest BCUT2D eigenvalue weighted by molar-refractivity contribution is 5.98. The highest BCUT2D eigenvalue weighted by atomic mass is 19.1. The Hall–Kier alpha value is -2.70. The molecule has 0 radical (unpaired) electrons. The third-order valence-corrected chi connectivity index (χ3v) is 4.37. The Morgan fingerprint density at radius 3 is 2.71 bits per heavy atom. The van der Waals surface area contributed by atoms with E-state index in [1.54, 1.807) is 35.7 Å². The maximum Gasteiger partial charge on any atom is 0.255 e. The average Bonchev–Trinajstić information content (AvgIpc) is 3.07. The van der Waals surface area contributed by atoms with Gasteiger partial charge in [-0.25, -0.2) is 4.39 Å². The number of aryl methyl sites for hydroxylation is 1. The fourth-order valence-corrected chi connectivity index (χ4v) is 2.80. The number of aromatic nitrogens is 2. The molecule has 1 aromatic carbocycles. The number of carbonyl (C=O) groups excluding carboxylic acids is 2. The summed E-state index contributed by atoms with van der Waals surface area (Å²) in [5.41, 5.74) is 2.09. The molecule has 126 valence electrons. The van der Waals surface area contributed by atoms with Crippen LogP contribution in [0, 0.1) is 12.7 Å². The Balaban J connectivity index is 1.62. The Kier molecular flexibility index (Phi) is 4.33. The zero-order chi connectivity index (χ0) is 17.3. The van der Waals surface area contributed by atoms with Crippen LogP contribution in [0.5, 0.6) is 0 Å². The average molecular weight is 330 g/mol. The van der Waals surface area contributed by atoms with Gasteiger partial charge in [-0.2, -0.15) is 5.10 Å². The largest absolute Gasteiger partial charge is 0.340 e. The van der Waals surface area contributed by atoms with Crippen molar-refractivity contribution in [2.24, 2.45) is 7.05 Å². The zero-order valence-corrected chi connectivity index (χ0v) is 13.6. The van der Waals surface area contributed by atoms with Crippen LogP contribution in [0.1, 0.15) is 28.0 Å². The van der Waals surface area contributed by atoms with E-state index < -0.39 is 6.04 Å². The zero-order valence-electron chi connectivity index (χ0n) is 13.6. The van der Waals surface area contributed by atoms with E-state index >= 15 is 0 Å². The maximum absolute atomic E-state index is 12.9. The molecule has 1 N–H and O–H groups in total. The molecule has 0 unspecified atom stereocenters. The number of benzene rings is 1. The van der Waals surface area contributed by atoms with Gasteiger partial charge in [0.05, 0.1) is 11.8 Å². The van der Waals surface area contributed by atoms with Gasteiger partial charge in [0.2, 0.25) is 5.91 Å². The topological polar surface area (TPSA) is 67.2 Å². The number of nitrogens with zero attached hydrogens (tertiary/aromatic N) is 3. The minimum Gasteiger partial charge on any atom is -0.340 e. The smallest absolute Gasteiger partial charge is 0.255 e. The van der Waals surface area contributed by atoms with Gasteiger partial charge < -0.3 is 10.2 Å². The van der Waals surface area contributed by atoms with Crippen LogP contribution in [0.4, 0.5) is 4.39 Å². The van der Waals surface area contributed by atoms with E-state index in [9.17, 15) is 14.0 Å². The second-order valence-corrected chi connectivity index (χ2v) is 5.97. The Labute approximate surface area is 139 Å². The summed E-state index contributed by atoms with van der Waals surface area (Å²) < 4.78 is 14.6. The van der Waals surface area contributed by atoms with Crippen molar-refractivity contribution in [2.75, 3.05) is 6.54 Å². The quantitative estimate of drug-likeness (QED) is 0.921. The first-order chi connectivity index (χ1) is 11.5. The first-order valence-electron chi connectivity index (χ1n) is 7.78. The fourth-order valence-electron chi connectivity index (χ4n) is 2.80. The molecule has 1 saturated heterocycles. The van der Waals surface area contributed by atoms with Crippen molar-refractivity contribution >= 4 is 11.8 Å². The second-order valence-electron chi connectivity index (χ2n) is 5.97. The molecular formula is C17H19FN4O2. The van der Waals surface area contributed by atoms with Crippen molar-refractivity contribution < 1.29 is 14.0 Å². The minimum absolute atomic E-state index is 0.116. The molecule has 2 aromatic rings. The number of hydrogen-bond acceptors (Lipinski definition) is 3. The van der Waals surface area contributed by atoms with Crippen LogP contribution in [-0.2, 0) is 18.4 Å². The Morgan fingerprint density at radius 1 is 1.38 bits per heavy atom. The molecule has 0 saturated carbocycles. The summed E-state index contributed by atoms with van der Waals surface area (Å²) in [5, 5.41) is 6.82. The molecule has 7 heteroatoms. The molecule has 1 aromatic heterocycles. The molecule has 24 heavy (non-hydrogen) atoms. The van der Waals surface area contributed by atoms with Crippen LogP contribution in [0.3, 0.4) is 0 Å². The lowest BCUT2D eigenvalue weighted by atomic mass is 10.2. The van der Waals surface area contributed by atoms with Crippen molar-refractivity contribution in [1.29, 1.82) is 0 Å². The maximum atomic E-state index is 12.9. The van der Waals surface area contributed by atoms with E-state index in [2.05, 4.69) is 10.4 Å². The lowest BCUT2D eigenvalue weighted by Crippen LogP contribution is -2.41. The Morgan fingerprint density at radius 2 is 2.08 bits per heavy atom. The van der Waals surface area contributed by atoms with Crippen LogP contribution in [0.15, 0.2) is 30.5 Å². The lowest BCUT2D eigenvalue weighted by molar-refractivity contribution is -0.129. The van der Waals surface area contributed by atoms with Crippen LogP contribution in [0.25, 0.3) is 0 Å². The summed E-state index contributed by atoms with van der Waals surface area (Å²) in [6, 6.07) is 5.54. The number of amides is 2. The van der Waals surface area contributed by atoms with Crippen LogP contribution < -0.4 is 5.32 Å². The van der Waals surface area contributed by atoms with Crippen LogP contribution in [0.2, 0.25) is 0 Å². The highest BCUT2D eigenvalue weighted by Gasteiger charge is 2.33. The third-order valence-electron chi connectivity index (χ3n) is 4.37. The minimum atomic E-state index is -0.530. The summed E-state index contributed by atoms with van der Waals surface area (Å²) >= 11 is 0. The predicted octanol–water partition coefficient (Wildman–Crippen LogP) is 1.40. The molecule has 1 aliphatic rings. The van der Waals surface area contributed by atoms with E-state index in [0.29, 0.717) is 25.1 Å². The molecule has 1 aliphatic heterocycles. The number of likely N-dealkylation sites (tertiary alicyclic amines) is 1. The summed E-state index contributed by atoms with van der Waals surface area (Å²) in [7, 11) is 1.76. The first kappa shape index (κ1) is 16.2. The number of halogens is 1. The molecule has 6 nitrogen and oxygen atoms in total. The van der Waals surface area contributed by atoms with E-state index in [1.807, 2.05) is 0 Å². The molecule has 0 spiro atoms. The van der Waals surface area contributed by atoms with E-state index in [-0.39, 0.29) is 17.6 Å². The van der Waals surface area contributed by atoms with Gasteiger partial charge in [-0.15, -0.1) is 0 Å². The Bertz CT molecular complexity index is 769. The van der Waals surface area contributed by atoms with Crippen molar-refractivity contribution in [3.05, 3.63) is 53.1 Å². The van der Waals surface area contributed by atoms with Crippen molar-refractivity contribution in [2.45, 2.75) is 25.9 Å². The summed E-state index contributed by atoms with van der Waals surface area (Å²) in [6.45, 7) is 2.78. The molecule has 1 fully saturated rings. The molecule has 2 amide bonds. The van der Waals surface area contributed by atoms with Gasteiger partial charge in [0.1, 0.15) is 11.9 Å². The molecule has 0 aliphatic carbocycles. The molecule has 0 bridgehead atoms. The molecule has 1 atom stereocenters. The van der Waals surface area contributed by atoms with Gasteiger partial charge in [0.15, 0.2) is 0 Å². The van der Waals surface area contributed by atoms with Crippen molar-refractivity contribution in [3.8, 4) is 0 Å². The molecule has 3 rings (SSSR count). The summed E-state index contributed by atoms with van der Waals surface area (Å²) in [4.78, 5) is 26.4. The standard InChI is InChI=1S/C17H19FN4O2/c1-11-14(9-19-21(11)2)16(23)20-15-7-8-22(17(15)24)10-12-3-5-13(18)6-4-12/h3-6,9,15H,7-8,10H2,1-2H3,(H,20,23)/t15-/m1/s1. The number of carbonyl (C=O) groups is 2. The van der Waals surface area contributed by atoms with Crippen molar-refractivity contribution in [1.82, 2.24) is 20.0 Å². The summed E-state index contributed by atoms with van der Waals surface area (Å²) in [5.74, 6) is -0.708. The van der Waals surface area contributed by atoms with Crippen LogP contribution in [-0.4, -0.2) is 39.1 Å². The lowest BCUT2D eigenvalue weighted by Gasteiger charge is -2.17. The monoisotopic (exact) mass is 330 g/mol. The SMILES string of the molecule is Cc1c(C(=O)N[C@@H]2CCN(Cc3ccc(F)cc3)C2=O)cnn1C. The van der Waals surface area contributed by atoms with Crippen LogP contribution >= 0.6 is 0 Å². The molecule has 2 heterocycles. The number of nitrogens with one attached hydrogen (secondary N) is 1. The predicted molar refractivity (Wildman–Crippen MR) is 85.6 cm³/mol. The van der Waals surface area contributed by atoms with Gasteiger partial charge in [-0.3, -0.25) is 14.3 Å². The number of hydrogen-bond donors (Lipinski definition) is 1. The fraction of sp³-hybridized carbons (Fsp3) is 0.353. The highest BCUT2D eigenvalue weighted by Crippen LogP contribution is 2.16. The van der Waals surface area contributed by atoms with E-state index in [4.69, 9.17) is 0 Å². The van der Waals surface area contributed by atoms with Gasteiger partial charge in [0.25, 0.3) is 5.91 Å². The first-order valence-corrected chi connectivity index (χ1v) is 7.78. The molecular weight excluding hydrogens is 311 g/mol. The van der Waals surface area contributed by atoms with Gasteiger partial charge >= 0.3 is 0 Å². The normalized spacial score (nSPS) is 17.4. The number of rotatable bonds is 4. The van der Waals surface area contributed by atoms with Gasteiger partial charge in [-0.05, 0) is 31.0 Å². The van der Waals surface area contributed by atoms with Gasteiger partial charge in [0, 0.05) is 25.8 Å². The van der Waals surface area contributed by atoms with E-state index in [0.717, 1.165) is 11.3 Å². The van der Waals surface area contributed by atoms with E-state index in [1.165, 1.54) is 18.3 Å². The second kappa shape index (κ2) is 6.43. The summed E-state index contributed by atoms with van der Waals surface area (Å²) in [6.07, 6.45) is 2.06. The van der Waals surface area contributed by atoms with Crippen molar-refractivity contribution in [3.63, 3.8) is 0 Å². The third kappa shape index (κ3) is 3.15.